The van der Waals surface area contributed by atoms with Crippen LogP contribution in [0.1, 0.15) is 11.1 Å². The molecule has 2 aromatic rings. The minimum atomic E-state index is -0.585. The first-order valence-electron chi connectivity index (χ1n) is 8.08. The number of benzene rings is 2. The van der Waals surface area contributed by atoms with E-state index < -0.39 is 5.91 Å². The third-order valence-electron chi connectivity index (χ3n) is 3.32. The van der Waals surface area contributed by atoms with Gasteiger partial charge in [-0.2, -0.15) is 5.10 Å². The Labute approximate surface area is 156 Å². The maximum absolute atomic E-state index is 11.8. The third-order valence-corrected chi connectivity index (χ3v) is 3.32. The van der Waals surface area contributed by atoms with Gasteiger partial charge in [0.15, 0.2) is 24.7 Å². The van der Waals surface area contributed by atoms with E-state index in [1.165, 1.54) is 13.3 Å². The normalized spacial score (nSPS) is 10.4. The van der Waals surface area contributed by atoms with Gasteiger partial charge in [-0.3, -0.25) is 9.59 Å². The van der Waals surface area contributed by atoms with Gasteiger partial charge in [0.1, 0.15) is 5.75 Å². The molecule has 0 fully saturated rings. The minimum Gasteiger partial charge on any atom is -0.493 e. The number of carbonyl (C=O) groups excluding carboxylic acids is 2. The Bertz CT molecular complexity index is 836. The number of primary amides is 1. The van der Waals surface area contributed by atoms with Gasteiger partial charge >= 0.3 is 0 Å². The molecule has 2 aromatic carbocycles. The minimum absolute atomic E-state index is 0.149. The van der Waals surface area contributed by atoms with Crippen LogP contribution in [0, 0.1) is 6.92 Å². The Morgan fingerprint density at radius 1 is 1.11 bits per heavy atom. The van der Waals surface area contributed by atoms with Crippen LogP contribution in [-0.2, 0) is 9.59 Å². The predicted molar refractivity (Wildman–Crippen MR) is 100 cm³/mol. The number of aryl methyl sites for hydroxylation is 1. The van der Waals surface area contributed by atoms with Crippen molar-refractivity contribution in [2.24, 2.45) is 10.8 Å². The summed E-state index contributed by atoms with van der Waals surface area (Å²) in [6.45, 7) is 1.54. The van der Waals surface area contributed by atoms with Crippen molar-refractivity contribution in [3.63, 3.8) is 0 Å². The average Bonchev–Trinajstić information content (AvgIpc) is 2.65. The maximum Gasteiger partial charge on any atom is 0.277 e. The molecule has 2 rings (SSSR count). The number of nitrogens with zero attached hydrogens (tertiary/aromatic N) is 1. The van der Waals surface area contributed by atoms with Crippen LogP contribution in [-0.4, -0.2) is 38.4 Å². The van der Waals surface area contributed by atoms with Crippen molar-refractivity contribution in [2.75, 3.05) is 20.3 Å². The smallest absolute Gasteiger partial charge is 0.277 e. The molecule has 142 valence electrons. The topological polar surface area (TPSA) is 112 Å². The molecule has 0 aliphatic heterocycles. The summed E-state index contributed by atoms with van der Waals surface area (Å²) in [5.74, 6) is 0.434. The van der Waals surface area contributed by atoms with Gasteiger partial charge in [0, 0.05) is 0 Å². The fourth-order valence-corrected chi connectivity index (χ4v) is 2.10. The molecule has 8 nitrogen and oxygen atoms in total. The fraction of sp³-hybridized carbons (Fsp3) is 0.211. The molecule has 0 aliphatic carbocycles. The number of hydrazone groups is 1. The molecular weight excluding hydrogens is 350 g/mol. The molecule has 0 radical (unpaired) electrons. The van der Waals surface area contributed by atoms with E-state index in [2.05, 4.69) is 10.5 Å². The van der Waals surface area contributed by atoms with Crippen LogP contribution in [0.5, 0.6) is 17.2 Å². The second kappa shape index (κ2) is 9.81. The third kappa shape index (κ3) is 6.69. The highest BCUT2D eigenvalue weighted by Gasteiger charge is 2.07. The van der Waals surface area contributed by atoms with Gasteiger partial charge in [-0.15, -0.1) is 0 Å². The lowest BCUT2D eigenvalue weighted by Gasteiger charge is -2.09. The average molecular weight is 371 g/mol. The Hall–Kier alpha value is -3.55. The van der Waals surface area contributed by atoms with Gasteiger partial charge in [-0.25, -0.2) is 5.43 Å². The zero-order valence-electron chi connectivity index (χ0n) is 15.1. The molecule has 0 aromatic heterocycles. The van der Waals surface area contributed by atoms with Gasteiger partial charge in [0.25, 0.3) is 11.8 Å². The Morgan fingerprint density at radius 3 is 2.63 bits per heavy atom. The van der Waals surface area contributed by atoms with E-state index in [9.17, 15) is 9.59 Å². The molecular formula is C19H21N3O5. The lowest BCUT2D eigenvalue weighted by Crippen LogP contribution is -2.24. The van der Waals surface area contributed by atoms with Crippen molar-refractivity contribution < 1.29 is 23.8 Å². The molecule has 3 N–H and O–H groups in total. The standard InChI is InChI=1S/C19H21N3O5/c1-13-4-3-5-15(8-13)26-12-19(24)22-21-10-14-6-7-16(17(9-14)25-2)27-11-18(20)23/h3-10H,11-12H2,1-2H3,(H2,20,23)(H,22,24)/b21-10-. The van der Waals surface area contributed by atoms with Crippen LogP contribution in [0.3, 0.4) is 0 Å². The molecule has 0 saturated carbocycles. The van der Waals surface area contributed by atoms with E-state index in [4.69, 9.17) is 19.9 Å². The molecule has 0 heterocycles. The molecule has 0 aliphatic rings. The summed E-state index contributed by atoms with van der Waals surface area (Å²) in [7, 11) is 1.47. The monoisotopic (exact) mass is 371 g/mol. The summed E-state index contributed by atoms with van der Waals surface area (Å²) in [5, 5.41) is 3.88. The summed E-state index contributed by atoms with van der Waals surface area (Å²) in [5.41, 5.74) is 9.14. The van der Waals surface area contributed by atoms with Crippen LogP contribution in [0.15, 0.2) is 47.6 Å². The molecule has 0 bridgehead atoms. The quantitative estimate of drug-likeness (QED) is 0.511. The van der Waals surface area contributed by atoms with Crippen LogP contribution < -0.4 is 25.4 Å². The van der Waals surface area contributed by atoms with Gasteiger partial charge in [-0.1, -0.05) is 12.1 Å². The molecule has 0 spiro atoms. The number of carbonyl (C=O) groups is 2. The molecule has 27 heavy (non-hydrogen) atoms. The molecule has 8 heteroatoms. The van der Waals surface area contributed by atoms with Crippen LogP contribution in [0.2, 0.25) is 0 Å². The number of ether oxygens (including phenoxy) is 3. The number of rotatable bonds is 9. The first-order valence-corrected chi connectivity index (χ1v) is 8.08. The van der Waals surface area contributed by atoms with E-state index >= 15 is 0 Å². The Balaban J connectivity index is 1.87. The van der Waals surface area contributed by atoms with Crippen molar-refractivity contribution in [1.29, 1.82) is 0 Å². The van der Waals surface area contributed by atoms with Crippen molar-refractivity contribution in [3.05, 3.63) is 53.6 Å². The summed E-state index contributed by atoms with van der Waals surface area (Å²) in [6.07, 6.45) is 1.45. The first kappa shape index (κ1) is 19.8. The van der Waals surface area contributed by atoms with Crippen molar-refractivity contribution in [3.8, 4) is 17.2 Å². The van der Waals surface area contributed by atoms with E-state index in [0.29, 0.717) is 22.8 Å². The molecule has 0 atom stereocenters. The van der Waals surface area contributed by atoms with Crippen LogP contribution in [0.4, 0.5) is 0 Å². The van der Waals surface area contributed by atoms with Gasteiger partial charge < -0.3 is 19.9 Å². The first-order chi connectivity index (χ1) is 13.0. The summed E-state index contributed by atoms with van der Waals surface area (Å²) < 4.78 is 15.8. The largest absolute Gasteiger partial charge is 0.493 e. The number of amides is 2. The van der Waals surface area contributed by atoms with E-state index in [1.54, 1.807) is 24.3 Å². The zero-order valence-corrected chi connectivity index (χ0v) is 15.1. The van der Waals surface area contributed by atoms with E-state index in [0.717, 1.165) is 5.56 Å². The molecule has 2 amide bonds. The van der Waals surface area contributed by atoms with Crippen molar-refractivity contribution in [1.82, 2.24) is 5.43 Å². The van der Waals surface area contributed by atoms with E-state index in [-0.39, 0.29) is 19.1 Å². The Morgan fingerprint density at radius 2 is 1.93 bits per heavy atom. The van der Waals surface area contributed by atoms with Gasteiger partial charge in [-0.05, 0) is 48.4 Å². The maximum atomic E-state index is 11.8. The van der Waals surface area contributed by atoms with Crippen molar-refractivity contribution in [2.45, 2.75) is 6.92 Å². The van der Waals surface area contributed by atoms with Crippen LogP contribution >= 0.6 is 0 Å². The van der Waals surface area contributed by atoms with Gasteiger partial charge in [0.2, 0.25) is 0 Å². The molecule has 0 unspecified atom stereocenters. The van der Waals surface area contributed by atoms with Gasteiger partial charge in [0.05, 0.1) is 13.3 Å². The second-order valence-electron chi connectivity index (χ2n) is 5.56. The summed E-state index contributed by atoms with van der Waals surface area (Å²) >= 11 is 0. The second-order valence-corrected chi connectivity index (χ2v) is 5.56. The lowest BCUT2D eigenvalue weighted by atomic mass is 10.2. The molecule has 0 saturated heterocycles. The fourth-order valence-electron chi connectivity index (χ4n) is 2.10. The highest BCUT2D eigenvalue weighted by Crippen LogP contribution is 2.27. The summed E-state index contributed by atoms with van der Waals surface area (Å²) in [6, 6.07) is 12.4. The number of methoxy groups -OCH3 is 1. The lowest BCUT2D eigenvalue weighted by molar-refractivity contribution is -0.123. The van der Waals surface area contributed by atoms with E-state index in [1.807, 2.05) is 25.1 Å². The number of nitrogens with one attached hydrogen (secondary N) is 1. The number of nitrogens with two attached hydrogens (primary N) is 1. The SMILES string of the molecule is COc1cc(/C=N\NC(=O)COc2cccc(C)c2)ccc1OCC(N)=O. The zero-order chi connectivity index (χ0) is 19.6. The number of hydrogen-bond acceptors (Lipinski definition) is 6. The predicted octanol–water partition coefficient (Wildman–Crippen LogP) is 1.40. The summed E-state index contributed by atoms with van der Waals surface area (Å²) in [4.78, 5) is 22.6. The van der Waals surface area contributed by atoms with Crippen LogP contribution in [0.25, 0.3) is 0 Å². The number of hydrogen-bond donors (Lipinski definition) is 2. The van der Waals surface area contributed by atoms with Crippen molar-refractivity contribution >= 4 is 18.0 Å². The highest BCUT2D eigenvalue weighted by atomic mass is 16.5. The Kier molecular flexibility index (Phi) is 7.18. The highest BCUT2D eigenvalue weighted by molar-refractivity contribution is 5.83.